The average molecular weight is 258 g/mol. The number of nitrogens with zero attached hydrogens (tertiary/aromatic N) is 1. The van der Waals surface area contributed by atoms with Crippen LogP contribution in [0.4, 0.5) is 0 Å². The van der Waals surface area contributed by atoms with Crippen molar-refractivity contribution in [3.63, 3.8) is 0 Å². The van der Waals surface area contributed by atoms with Gasteiger partial charge in [0.05, 0.1) is 6.61 Å². The molecule has 3 rings (SSSR count). The third-order valence-corrected chi connectivity index (χ3v) is 4.37. The van der Waals surface area contributed by atoms with E-state index in [4.69, 9.17) is 4.74 Å². The van der Waals surface area contributed by atoms with E-state index in [1.807, 2.05) is 0 Å². The molecule has 1 aromatic heterocycles. The third kappa shape index (κ3) is 2.12. The Hall–Kier alpha value is -1.48. The molecule has 1 aliphatic rings. The lowest BCUT2D eigenvalue weighted by molar-refractivity contribution is 0.270. The summed E-state index contributed by atoms with van der Waals surface area (Å²) < 4.78 is 5.68. The van der Waals surface area contributed by atoms with Crippen molar-refractivity contribution in [2.24, 2.45) is 0 Å². The van der Waals surface area contributed by atoms with Crippen LogP contribution in [0.5, 0.6) is 5.75 Å². The molecule has 1 N–H and O–H groups in total. The molecule has 0 spiro atoms. The second kappa shape index (κ2) is 4.89. The minimum absolute atomic E-state index is 0.558. The fourth-order valence-electron chi connectivity index (χ4n) is 2.95. The molecule has 2 heterocycles. The first kappa shape index (κ1) is 12.5. The Morgan fingerprint density at radius 1 is 1.42 bits per heavy atom. The molecule has 0 bridgehead atoms. The van der Waals surface area contributed by atoms with Crippen LogP contribution in [-0.4, -0.2) is 36.1 Å². The van der Waals surface area contributed by atoms with Gasteiger partial charge in [0.25, 0.3) is 0 Å². The first-order chi connectivity index (χ1) is 9.20. The molecule has 19 heavy (non-hydrogen) atoms. The minimum atomic E-state index is 0.558. The van der Waals surface area contributed by atoms with E-state index in [0.29, 0.717) is 6.04 Å². The minimum Gasteiger partial charge on any atom is -0.493 e. The van der Waals surface area contributed by atoms with Gasteiger partial charge in [-0.2, -0.15) is 0 Å². The molecule has 2 aromatic rings. The van der Waals surface area contributed by atoms with Crippen molar-refractivity contribution in [1.29, 1.82) is 0 Å². The number of ether oxygens (including phenoxy) is 1. The second-order valence-corrected chi connectivity index (χ2v) is 5.50. The summed E-state index contributed by atoms with van der Waals surface area (Å²) in [6, 6.07) is 4.78. The molecule has 3 nitrogen and oxygen atoms in total. The SMILES string of the molecule is CCN(C)C(C)Cc1c[nH]c2ccc3c(c12)CCO3. The quantitative estimate of drug-likeness (QED) is 0.913. The van der Waals surface area contributed by atoms with Crippen molar-refractivity contribution < 1.29 is 4.74 Å². The zero-order valence-electron chi connectivity index (χ0n) is 12.0. The zero-order chi connectivity index (χ0) is 13.4. The predicted molar refractivity (Wildman–Crippen MR) is 79.0 cm³/mol. The van der Waals surface area contributed by atoms with Crippen LogP contribution >= 0.6 is 0 Å². The zero-order valence-corrected chi connectivity index (χ0v) is 12.0. The van der Waals surface area contributed by atoms with E-state index >= 15 is 0 Å². The largest absolute Gasteiger partial charge is 0.493 e. The number of hydrogen-bond acceptors (Lipinski definition) is 2. The highest BCUT2D eigenvalue weighted by Crippen LogP contribution is 2.34. The van der Waals surface area contributed by atoms with Crippen molar-refractivity contribution in [1.82, 2.24) is 9.88 Å². The Balaban J connectivity index is 1.98. The average Bonchev–Trinajstić information content (AvgIpc) is 3.03. The van der Waals surface area contributed by atoms with E-state index in [1.165, 1.54) is 22.0 Å². The smallest absolute Gasteiger partial charge is 0.123 e. The highest BCUT2D eigenvalue weighted by molar-refractivity contribution is 5.89. The fraction of sp³-hybridized carbons (Fsp3) is 0.500. The van der Waals surface area contributed by atoms with E-state index in [2.05, 4.69) is 49.1 Å². The molecule has 102 valence electrons. The Kier molecular flexibility index (Phi) is 3.23. The summed E-state index contributed by atoms with van der Waals surface area (Å²) in [5.74, 6) is 1.07. The molecule has 1 unspecified atom stereocenters. The predicted octanol–water partition coefficient (Wildman–Crippen LogP) is 2.99. The van der Waals surface area contributed by atoms with Crippen LogP contribution < -0.4 is 4.74 Å². The molecule has 1 aliphatic heterocycles. The van der Waals surface area contributed by atoms with Crippen molar-refractivity contribution in [2.45, 2.75) is 32.7 Å². The van der Waals surface area contributed by atoms with Gasteiger partial charge < -0.3 is 14.6 Å². The Labute approximate surface area is 114 Å². The van der Waals surface area contributed by atoms with E-state index in [0.717, 1.165) is 31.7 Å². The summed E-state index contributed by atoms with van der Waals surface area (Å²) in [6.45, 7) is 6.41. The van der Waals surface area contributed by atoms with Crippen LogP contribution in [0.25, 0.3) is 10.9 Å². The first-order valence-electron chi connectivity index (χ1n) is 7.15. The number of aromatic amines is 1. The fourth-order valence-corrected chi connectivity index (χ4v) is 2.95. The Morgan fingerprint density at radius 2 is 2.26 bits per heavy atom. The summed E-state index contributed by atoms with van der Waals surface area (Å²) in [7, 11) is 2.19. The van der Waals surface area contributed by atoms with Crippen molar-refractivity contribution in [3.05, 3.63) is 29.5 Å². The molecule has 0 aliphatic carbocycles. The van der Waals surface area contributed by atoms with Gasteiger partial charge in [-0.1, -0.05) is 6.92 Å². The number of rotatable bonds is 4. The summed E-state index contributed by atoms with van der Waals surface area (Å²) in [5.41, 5.74) is 4.05. The van der Waals surface area contributed by atoms with Crippen LogP contribution in [0.1, 0.15) is 25.0 Å². The number of H-pyrrole nitrogens is 1. The molecular formula is C16H22N2O. The van der Waals surface area contributed by atoms with Crippen LogP contribution in [-0.2, 0) is 12.8 Å². The standard InChI is InChI=1S/C16H22N2O/c1-4-18(3)11(2)9-12-10-17-14-5-6-15-13(16(12)14)7-8-19-15/h5-6,10-11,17H,4,7-9H2,1-3H3. The summed E-state index contributed by atoms with van der Waals surface area (Å²) in [6.07, 6.45) is 4.29. The van der Waals surface area contributed by atoms with Crippen molar-refractivity contribution in [3.8, 4) is 5.75 Å². The molecule has 0 amide bonds. The lowest BCUT2D eigenvalue weighted by Crippen LogP contribution is -2.30. The highest BCUT2D eigenvalue weighted by atomic mass is 16.5. The molecule has 1 aromatic carbocycles. The first-order valence-corrected chi connectivity index (χ1v) is 7.15. The molecule has 0 saturated heterocycles. The highest BCUT2D eigenvalue weighted by Gasteiger charge is 2.19. The molecular weight excluding hydrogens is 236 g/mol. The van der Waals surface area contributed by atoms with Gasteiger partial charge in [0.15, 0.2) is 0 Å². The lowest BCUT2D eigenvalue weighted by Gasteiger charge is -2.22. The number of hydrogen-bond donors (Lipinski definition) is 1. The van der Waals surface area contributed by atoms with Gasteiger partial charge >= 0.3 is 0 Å². The maximum Gasteiger partial charge on any atom is 0.123 e. The summed E-state index contributed by atoms with van der Waals surface area (Å²) >= 11 is 0. The van der Waals surface area contributed by atoms with Gasteiger partial charge in [0.1, 0.15) is 5.75 Å². The van der Waals surface area contributed by atoms with E-state index in [-0.39, 0.29) is 0 Å². The molecule has 1 atom stereocenters. The van der Waals surface area contributed by atoms with E-state index < -0.39 is 0 Å². The van der Waals surface area contributed by atoms with Gasteiger partial charge in [0.2, 0.25) is 0 Å². The van der Waals surface area contributed by atoms with E-state index in [9.17, 15) is 0 Å². The van der Waals surface area contributed by atoms with Gasteiger partial charge in [-0.3, -0.25) is 0 Å². The number of aromatic nitrogens is 1. The molecule has 0 radical (unpaired) electrons. The Bertz CT molecular complexity index is 588. The van der Waals surface area contributed by atoms with Crippen molar-refractivity contribution in [2.75, 3.05) is 20.2 Å². The summed E-state index contributed by atoms with van der Waals surface area (Å²) in [4.78, 5) is 5.79. The summed E-state index contributed by atoms with van der Waals surface area (Å²) in [5, 5.41) is 1.39. The molecule has 3 heteroatoms. The monoisotopic (exact) mass is 258 g/mol. The van der Waals surface area contributed by atoms with Gasteiger partial charge in [-0.05, 0) is 44.6 Å². The lowest BCUT2D eigenvalue weighted by atomic mass is 10.00. The van der Waals surface area contributed by atoms with E-state index in [1.54, 1.807) is 0 Å². The van der Waals surface area contributed by atoms with Crippen LogP contribution in [0.15, 0.2) is 18.3 Å². The normalized spacial score (nSPS) is 15.8. The number of fused-ring (bicyclic) bond motifs is 3. The Morgan fingerprint density at radius 3 is 3.05 bits per heavy atom. The molecule has 0 saturated carbocycles. The van der Waals surface area contributed by atoms with Crippen molar-refractivity contribution >= 4 is 10.9 Å². The number of nitrogens with one attached hydrogen (secondary N) is 1. The maximum absolute atomic E-state index is 5.68. The van der Waals surface area contributed by atoms with Crippen LogP contribution in [0.2, 0.25) is 0 Å². The topological polar surface area (TPSA) is 28.3 Å². The van der Waals surface area contributed by atoms with Gasteiger partial charge in [0, 0.05) is 35.1 Å². The molecule has 0 fully saturated rings. The number of benzene rings is 1. The second-order valence-electron chi connectivity index (χ2n) is 5.50. The number of likely N-dealkylation sites (N-methyl/N-ethyl adjacent to an activating group) is 1. The maximum atomic E-state index is 5.68. The van der Waals surface area contributed by atoms with Gasteiger partial charge in [-0.25, -0.2) is 0 Å². The van der Waals surface area contributed by atoms with Gasteiger partial charge in [-0.15, -0.1) is 0 Å². The third-order valence-electron chi connectivity index (χ3n) is 4.37. The van der Waals surface area contributed by atoms with Crippen LogP contribution in [0, 0.1) is 0 Å². The van der Waals surface area contributed by atoms with Crippen LogP contribution in [0.3, 0.4) is 0 Å².